The van der Waals surface area contributed by atoms with Crippen LogP contribution in [0.4, 0.5) is 0 Å². The van der Waals surface area contributed by atoms with E-state index in [1.165, 1.54) is 0 Å². The van der Waals surface area contributed by atoms with Gasteiger partial charge in [0.1, 0.15) is 0 Å². The van der Waals surface area contributed by atoms with Gasteiger partial charge in [-0.25, -0.2) is 0 Å². The van der Waals surface area contributed by atoms with Crippen molar-refractivity contribution in [3.63, 3.8) is 0 Å². The molecule has 0 radical (unpaired) electrons. The Kier molecular flexibility index (Phi) is 2.97. The van der Waals surface area contributed by atoms with Gasteiger partial charge in [-0.15, -0.1) is 0 Å². The highest BCUT2D eigenvalue weighted by atomic mass is 16.3. The van der Waals surface area contributed by atoms with E-state index < -0.39 is 0 Å². The largest absolute Gasteiger partial charge is 0.392 e. The van der Waals surface area contributed by atoms with Crippen molar-refractivity contribution in [3.8, 4) is 0 Å². The van der Waals surface area contributed by atoms with Gasteiger partial charge in [-0.05, 0) is 20.3 Å². The van der Waals surface area contributed by atoms with Crippen molar-refractivity contribution in [3.05, 3.63) is 17.0 Å². The van der Waals surface area contributed by atoms with E-state index in [0.29, 0.717) is 12.0 Å². The summed E-state index contributed by atoms with van der Waals surface area (Å²) in [4.78, 5) is 12.3. The lowest BCUT2D eigenvalue weighted by Gasteiger charge is -2.49. The number of nitrogens with zero attached hydrogens (tertiary/aromatic N) is 2. The minimum Gasteiger partial charge on any atom is -0.392 e. The first-order valence-electron chi connectivity index (χ1n) is 6.24. The van der Waals surface area contributed by atoms with E-state index in [1.54, 1.807) is 4.68 Å². The third-order valence-electron chi connectivity index (χ3n) is 4.26. The summed E-state index contributed by atoms with van der Waals surface area (Å²) in [6.45, 7) is 7.66. The second kappa shape index (κ2) is 4.09. The lowest BCUT2D eigenvalue weighted by atomic mass is 9.64. The summed E-state index contributed by atoms with van der Waals surface area (Å²) in [5.41, 5.74) is 2.00. The minimum atomic E-state index is -0.334. The summed E-state index contributed by atoms with van der Waals surface area (Å²) in [7, 11) is 1.83. The molecule has 0 bridgehead atoms. The van der Waals surface area contributed by atoms with Crippen molar-refractivity contribution in [1.29, 1.82) is 0 Å². The first-order valence-corrected chi connectivity index (χ1v) is 6.24. The van der Waals surface area contributed by atoms with E-state index in [1.807, 2.05) is 34.7 Å². The molecule has 1 aromatic heterocycles. The average molecular weight is 251 g/mol. The highest BCUT2D eigenvalue weighted by Gasteiger charge is 2.48. The van der Waals surface area contributed by atoms with Gasteiger partial charge in [0.05, 0.1) is 17.4 Å². The maximum absolute atomic E-state index is 12.3. The van der Waals surface area contributed by atoms with Crippen LogP contribution in [-0.4, -0.2) is 32.9 Å². The molecule has 2 N–H and O–H groups in total. The normalized spacial score (nSPS) is 25.7. The molecule has 1 aliphatic rings. The number of aromatic nitrogens is 2. The third kappa shape index (κ3) is 1.82. The Morgan fingerprint density at radius 2 is 2.11 bits per heavy atom. The number of hydrogen-bond acceptors (Lipinski definition) is 3. The van der Waals surface area contributed by atoms with Gasteiger partial charge >= 0.3 is 0 Å². The number of carbonyl (C=O) groups is 1. The highest BCUT2D eigenvalue weighted by molar-refractivity contribution is 5.96. The van der Waals surface area contributed by atoms with Gasteiger partial charge in [0.25, 0.3) is 5.91 Å². The average Bonchev–Trinajstić information content (AvgIpc) is 2.52. The molecule has 1 saturated carbocycles. The SMILES string of the molecule is Cc1nn(C)c(C)c1C(=O)NC1CC(O)C1(C)C. The van der Waals surface area contributed by atoms with Crippen LogP contribution in [-0.2, 0) is 7.05 Å². The van der Waals surface area contributed by atoms with E-state index in [4.69, 9.17) is 0 Å². The van der Waals surface area contributed by atoms with Crippen LogP contribution in [0.5, 0.6) is 0 Å². The van der Waals surface area contributed by atoms with Crippen LogP contribution < -0.4 is 5.32 Å². The standard InChI is InChI=1S/C13H21N3O2/c1-7-11(8(2)16(5)15-7)12(18)14-9-6-10(17)13(9,3)4/h9-10,17H,6H2,1-5H3,(H,14,18). The van der Waals surface area contributed by atoms with Gasteiger partial charge in [0.2, 0.25) is 0 Å². The summed E-state index contributed by atoms with van der Waals surface area (Å²) in [6.07, 6.45) is 0.288. The zero-order valence-electron chi connectivity index (χ0n) is 11.6. The first-order chi connectivity index (χ1) is 8.25. The number of aryl methyl sites for hydroxylation is 2. The van der Waals surface area contributed by atoms with Crippen molar-refractivity contribution < 1.29 is 9.90 Å². The Morgan fingerprint density at radius 3 is 2.50 bits per heavy atom. The summed E-state index contributed by atoms with van der Waals surface area (Å²) in [5, 5.41) is 16.9. The molecule has 1 aromatic rings. The molecule has 0 spiro atoms. The van der Waals surface area contributed by atoms with E-state index >= 15 is 0 Å². The van der Waals surface area contributed by atoms with Crippen molar-refractivity contribution >= 4 is 5.91 Å². The van der Waals surface area contributed by atoms with Gasteiger partial charge in [-0.1, -0.05) is 13.8 Å². The smallest absolute Gasteiger partial charge is 0.255 e. The van der Waals surface area contributed by atoms with E-state index in [9.17, 15) is 9.90 Å². The molecule has 5 heteroatoms. The first kappa shape index (κ1) is 13.1. The van der Waals surface area contributed by atoms with Crippen LogP contribution in [0.15, 0.2) is 0 Å². The van der Waals surface area contributed by atoms with Gasteiger partial charge in [0.15, 0.2) is 0 Å². The van der Waals surface area contributed by atoms with Crippen molar-refractivity contribution in [1.82, 2.24) is 15.1 Å². The summed E-state index contributed by atoms with van der Waals surface area (Å²) in [5.74, 6) is -0.0944. The number of amides is 1. The van der Waals surface area contributed by atoms with Crippen molar-refractivity contribution in [2.24, 2.45) is 12.5 Å². The van der Waals surface area contributed by atoms with Crippen LogP contribution in [0.1, 0.15) is 42.0 Å². The Morgan fingerprint density at radius 1 is 1.50 bits per heavy atom. The van der Waals surface area contributed by atoms with E-state index in [-0.39, 0.29) is 23.5 Å². The number of carbonyl (C=O) groups excluding carboxylic acids is 1. The fraction of sp³-hybridized carbons (Fsp3) is 0.692. The van der Waals surface area contributed by atoms with Crippen LogP contribution in [0.2, 0.25) is 0 Å². The maximum Gasteiger partial charge on any atom is 0.255 e. The molecule has 2 rings (SSSR count). The Labute approximate surface area is 107 Å². The molecule has 1 heterocycles. The lowest BCUT2D eigenvalue weighted by Crippen LogP contribution is -2.61. The van der Waals surface area contributed by atoms with Crippen molar-refractivity contribution in [2.45, 2.75) is 46.3 Å². The van der Waals surface area contributed by atoms with Gasteiger partial charge < -0.3 is 10.4 Å². The Balaban J connectivity index is 2.14. The number of aliphatic hydroxyl groups is 1. The number of hydrogen-bond donors (Lipinski definition) is 2. The Hall–Kier alpha value is -1.36. The quantitative estimate of drug-likeness (QED) is 0.821. The predicted octanol–water partition coefficient (Wildman–Crippen LogP) is 0.926. The number of rotatable bonds is 2. The van der Waals surface area contributed by atoms with Crippen LogP contribution in [0.25, 0.3) is 0 Å². The molecule has 100 valence electrons. The molecule has 1 aliphatic carbocycles. The van der Waals surface area contributed by atoms with Crippen LogP contribution in [0.3, 0.4) is 0 Å². The third-order valence-corrected chi connectivity index (χ3v) is 4.26. The zero-order valence-corrected chi connectivity index (χ0v) is 11.6. The van der Waals surface area contributed by atoms with Crippen LogP contribution >= 0.6 is 0 Å². The topological polar surface area (TPSA) is 67.2 Å². The molecule has 2 unspecified atom stereocenters. The van der Waals surface area contributed by atoms with Gasteiger partial charge in [-0.3, -0.25) is 9.48 Å². The molecule has 0 saturated heterocycles. The molecule has 1 amide bonds. The summed E-state index contributed by atoms with van der Waals surface area (Å²) in [6, 6.07) is 0.0269. The fourth-order valence-electron chi connectivity index (χ4n) is 2.48. The number of nitrogens with one attached hydrogen (secondary N) is 1. The monoisotopic (exact) mass is 251 g/mol. The number of aliphatic hydroxyl groups excluding tert-OH is 1. The second-order valence-corrected chi connectivity index (χ2v) is 5.77. The molecule has 18 heavy (non-hydrogen) atoms. The molecule has 0 aliphatic heterocycles. The lowest BCUT2D eigenvalue weighted by molar-refractivity contribution is -0.0689. The molecule has 1 fully saturated rings. The van der Waals surface area contributed by atoms with Gasteiger partial charge in [0, 0.05) is 24.2 Å². The highest BCUT2D eigenvalue weighted by Crippen LogP contribution is 2.40. The predicted molar refractivity (Wildman–Crippen MR) is 68.3 cm³/mol. The van der Waals surface area contributed by atoms with Crippen molar-refractivity contribution in [2.75, 3.05) is 0 Å². The molecular weight excluding hydrogens is 230 g/mol. The minimum absolute atomic E-state index is 0.0269. The van der Waals surface area contributed by atoms with E-state index in [0.717, 1.165) is 11.4 Å². The van der Waals surface area contributed by atoms with Gasteiger partial charge in [-0.2, -0.15) is 5.10 Å². The van der Waals surface area contributed by atoms with E-state index in [2.05, 4.69) is 10.4 Å². The molecular formula is C13H21N3O2. The zero-order chi connectivity index (χ0) is 13.7. The molecule has 5 nitrogen and oxygen atoms in total. The second-order valence-electron chi connectivity index (χ2n) is 5.77. The molecule has 2 atom stereocenters. The van der Waals surface area contributed by atoms with Crippen LogP contribution in [0, 0.1) is 19.3 Å². The summed E-state index contributed by atoms with van der Waals surface area (Å²) >= 11 is 0. The molecule has 0 aromatic carbocycles. The Bertz CT molecular complexity index is 491. The maximum atomic E-state index is 12.3. The fourth-order valence-corrected chi connectivity index (χ4v) is 2.48. The summed E-state index contributed by atoms with van der Waals surface area (Å²) < 4.78 is 1.71.